The van der Waals surface area contributed by atoms with Crippen molar-refractivity contribution in [3.8, 4) is 0 Å². The average molecular weight is 291 g/mol. The molecule has 2 aromatic heterocycles. The summed E-state index contributed by atoms with van der Waals surface area (Å²) in [6.07, 6.45) is 1.75. The van der Waals surface area contributed by atoms with Gasteiger partial charge < -0.3 is 10.4 Å². The Hall–Kier alpha value is -2.51. The van der Waals surface area contributed by atoms with E-state index in [1.54, 1.807) is 13.1 Å². The van der Waals surface area contributed by atoms with Crippen LogP contribution in [0.5, 0.6) is 0 Å². The van der Waals surface area contributed by atoms with Gasteiger partial charge in [0.25, 0.3) is 5.91 Å². The molecule has 0 aromatic carbocycles. The van der Waals surface area contributed by atoms with Gasteiger partial charge in [0.15, 0.2) is 5.65 Å². The first-order valence-electron chi connectivity index (χ1n) is 6.57. The number of hydrogen-bond donors (Lipinski definition) is 2. The van der Waals surface area contributed by atoms with Crippen LogP contribution >= 0.6 is 0 Å². The summed E-state index contributed by atoms with van der Waals surface area (Å²) >= 11 is 0. The predicted octanol–water partition coefficient (Wildman–Crippen LogP) is 0.592. The smallest absolute Gasteiger partial charge is 0.326 e. The lowest BCUT2D eigenvalue weighted by atomic mass is 10.0. The van der Waals surface area contributed by atoms with Crippen molar-refractivity contribution in [3.63, 3.8) is 0 Å². The van der Waals surface area contributed by atoms with Crippen LogP contribution in [0.3, 0.4) is 0 Å². The predicted molar refractivity (Wildman–Crippen MR) is 74.6 cm³/mol. The molecule has 0 saturated carbocycles. The van der Waals surface area contributed by atoms with Crippen LogP contribution in [0.2, 0.25) is 0 Å². The fraction of sp³-hybridized carbons (Fsp3) is 0.462. The standard InChI is InChI=1S/C13H17N5O3/c1-7(2)4-10(13(20)21)15-12(19)8-5-9-11(14-6-8)18(3)17-16-9/h5-7,10H,4H2,1-3H3,(H,15,19)(H,20,21)/t10-/m0/s1. The second kappa shape index (κ2) is 5.86. The van der Waals surface area contributed by atoms with Gasteiger partial charge in [-0.3, -0.25) is 4.79 Å². The number of amides is 1. The van der Waals surface area contributed by atoms with Crippen LogP contribution in [0.1, 0.15) is 30.6 Å². The zero-order valence-electron chi connectivity index (χ0n) is 12.1. The van der Waals surface area contributed by atoms with Gasteiger partial charge in [-0.05, 0) is 18.4 Å². The molecule has 1 amide bonds. The largest absolute Gasteiger partial charge is 0.480 e. The van der Waals surface area contributed by atoms with Gasteiger partial charge in [0.05, 0.1) is 5.56 Å². The summed E-state index contributed by atoms with van der Waals surface area (Å²) in [7, 11) is 1.70. The number of aliphatic carboxylic acids is 1. The number of nitrogens with zero attached hydrogens (tertiary/aromatic N) is 4. The number of nitrogens with one attached hydrogen (secondary N) is 1. The molecule has 0 spiro atoms. The van der Waals surface area contributed by atoms with Crippen molar-refractivity contribution in [1.82, 2.24) is 25.3 Å². The van der Waals surface area contributed by atoms with Gasteiger partial charge in [0.2, 0.25) is 0 Å². The molecule has 1 atom stereocenters. The summed E-state index contributed by atoms with van der Waals surface area (Å²) in [5, 5.41) is 19.3. The first-order chi connectivity index (χ1) is 9.88. The minimum atomic E-state index is -1.05. The Labute approximate surface area is 121 Å². The number of rotatable bonds is 5. The zero-order chi connectivity index (χ0) is 15.6. The van der Waals surface area contributed by atoms with Crippen LogP contribution in [-0.4, -0.2) is 43.0 Å². The third-order valence-corrected chi connectivity index (χ3v) is 3.01. The molecule has 112 valence electrons. The molecule has 0 saturated heterocycles. The monoisotopic (exact) mass is 291 g/mol. The lowest BCUT2D eigenvalue weighted by Crippen LogP contribution is -2.41. The van der Waals surface area contributed by atoms with Crippen LogP contribution in [0, 0.1) is 5.92 Å². The Kier molecular flexibility index (Phi) is 4.15. The Bertz CT molecular complexity index is 679. The molecule has 21 heavy (non-hydrogen) atoms. The number of fused-ring (bicyclic) bond motifs is 1. The fourth-order valence-corrected chi connectivity index (χ4v) is 1.99. The minimum Gasteiger partial charge on any atom is -0.480 e. The quantitative estimate of drug-likeness (QED) is 0.834. The number of hydrogen-bond acceptors (Lipinski definition) is 5. The summed E-state index contributed by atoms with van der Waals surface area (Å²) in [6.45, 7) is 3.80. The van der Waals surface area contributed by atoms with E-state index in [0.717, 1.165) is 0 Å². The first-order valence-corrected chi connectivity index (χ1v) is 6.57. The lowest BCUT2D eigenvalue weighted by molar-refractivity contribution is -0.139. The van der Waals surface area contributed by atoms with E-state index in [2.05, 4.69) is 20.6 Å². The maximum Gasteiger partial charge on any atom is 0.326 e. The highest BCUT2D eigenvalue weighted by atomic mass is 16.4. The Balaban J connectivity index is 2.18. The number of aromatic nitrogens is 4. The molecule has 0 fully saturated rings. The van der Waals surface area contributed by atoms with Crippen molar-refractivity contribution in [2.24, 2.45) is 13.0 Å². The van der Waals surface area contributed by atoms with Gasteiger partial charge in [0, 0.05) is 13.2 Å². The van der Waals surface area contributed by atoms with Crippen LogP contribution in [0.25, 0.3) is 11.2 Å². The normalized spacial score (nSPS) is 12.6. The van der Waals surface area contributed by atoms with Crippen molar-refractivity contribution in [2.75, 3.05) is 0 Å². The number of pyridine rings is 1. The second-order valence-corrected chi connectivity index (χ2v) is 5.27. The van der Waals surface area contributed by atoms with Gasteiger partial charge in [-0.1, -0.05) is 19.1 Å². The third kappa shape index (κ3) is 3.33. The maximum atomic E-state index is 12.1. The highest BCUT2D eigenvalue weighted by Gasteiger charge is 2.22. The van der Waals surface area contributed by atoms with Gasteiger partial charge >= 0.3 is 5.97 Å². The topological polar surface area (TPSA) is 110 Å². The van der Waals surface area contributed by atoms with E-state index >= 15 is 0 Å². The summed E-state index contributed by atoms with van der Waals surface area (Å²) in [5.74, 6) is -1.37. The molecule has 0 unspecified atom stereocenters. The van der Waals surface area contributed by atoms with Gasteiger partial charge in [-0.15, -0.1) is 5.10 Å². The fourth-order valence-electron chi connectivity index (χ4n) is 1.99. The van der Waals surface area contributed by atoms with Gasteiger partial charge in [-0.25, -0.2) is 14.5 Å². The summed E-state index contributed by atoms with van der Waals surface area (Å²) in [6, 6.07) is 0.619. The van der Waals surface area contributed by atoms with E-state index in [1.165, 1.54) is 10.9 Å². The molecule has 0 aliphatic heterocycles. The number of carbonyl (C=O) groups is 2. The molecule has 2 rings (SSSR count). The molecule has 8 nitrogen and oxygen atoms in total. The average Bonchev–Trinajstić information content (AvgIpc) is 2.78. The van der Waals surface area contributed by atoms with Crippen molar-refractivity contribution in [2.45, 2.75) is 26.3 Å². The highest BCUT2D eigenvalue weighted by molar-refractivity contribution is 5.98. The number of carboxylic acid groups (broad SMARTS) is 1. The van der Waals surface area contributed by atoms with Gasteiger partial charge in [-0.2, -0.15) is 0 Å². The molecular formula is C13H17N5O3. The lowest BCUT2D eigenvalue weighted by Gasteiger charge is -2.16. The number of carboxylic acids is 1. The molecule has 2 aromatic rings. The second-order valence-electron chi connectivity index (χ2n) is 5.27. The molecule has 0 aliphatic rings. The minimum absolute atomic E-state index is 0.159. The summed E-state index contributed by atoms with van der Waals surface area (Å²) in [5.41, 5.74) is 1.31. The van der Waals surface area contributed by atoms with E-state index in [-0.39, 0.29) is 11.5 Å². The van der Waals surface area contributed by atoms with Crippen LogP contribution < -0.4 is 5.32 Å². The molecule has 2 heterocycles. The van der Waals surface area contributed by atoms with E-state index in [1.807, 2.05) is 13.8 Å². The molecule has 0 radical (unpaired) electrons. The van der Waals surface area contributed by atoms with Crippen molar-refractivity contribution < 1.29 is 14.7 Å². The van der Waals surface area contributed by atoms with E-state index in [4.69, 9.17) is 5.11 Å². The summed E-state index contributed by atoms with van der Waals surface area (Å²) < 4.78 is 1.50. The first kappa shape index (κ1) is 14.9. The molecule has 0 bridgehead atoms. The molecule has 2 N–H and O–H groups in total. The molecule has 0 aliphatic carbocycles. The van der Waals surface area contributed by atoms with Crippen LogP contribution in [-0.2, 0) is 11.8 Å². The van der Waals surface area contributed by atoms with Gasteiger partial charge in [0.1, 0.15) is 11.6 Å². The van der Waals surface area contributed by atoms with E-state index in [0.29, 0.717) is 17.6 Å². The Morgan fingerprint density at radius 1 is 1.43 bits per heavy atom. The molecule has 8 heteroatoms. The van der Waals surface area contributed by atoms with E-state index in [9.17, 15) is 9.59 Å². The SMILES string of the molecule is CC(C)C[C@H](NC(=O)c1cnc2c(c1)nnn2C)C(=O)O. The third-order valence-electron chi connectivity index (χ3n) is 3.01. The van der Waals surface area contributed by atoms with Crippen LogP contribution in [0.15, 0.2) is 12.3 Å². The Morgan fingerprint density at radius 2 is 2.14 bits per heavy atom. The maximum absolute atomic E-state index is 12.1. The number of carbonyl (C=O) groups excluding carboxylic acids is 1. The zero-order valence-corrected chi connectivity index (χ0v) is 12.1. The summed E-state index contributed by atoms with van der Waals surface area (Å²) in [4.78, 5) is 27.4. The van der Waals surface area contributed by atoms with Crippen molar-refractivity contribution in [3.05, 3.63) is 17.8 Å². The Morgan fingerprint density at radius 3 is 2.76 bits per heavy atom. The highest BCUT2D eigenvalue weighted by Crippen LogP contribution is 2.11. The van der Waals surface area contributed by atoms with Crippen LogP contribution in [0.4, 0.5) is 0 Å². The number of aryl methyl sites for hydroxylation is 1. The van der Waals surface area contributed by atoms with Crippen molar-refractivity contribution >= 4 is 23.0 Å². The van der Waals surface area contributed by atoms with Crippen molar-refractivity contribution in [1.29, 1.82) is 0 Å². The molecular weight excluding hydrogens is 274 g/mol. The van der Waals surface area contributed by atoms with E-state index < -0.39 is 17.9 Å².